The Morgan fingerprint density at radius 2 is 2.07 bits per heavy atom. The molecule has 0 fully saturated rings. The lowest BCUT2D eigenvalue weighted by molar-refractivity contribution is 0.370. The highest BCUT2D eigenvalue weighted by atomic mass is 35.5. The Bertz CT molecular complexity index is 295. The van der Waals surface area contributed by atoms with E-state index in [9.17, 15) is 0 Å². The van der Waals surface area contributed by atoms with E-state index >= 15 is 0 Å². The predicted molar refractivity (Wildman–Crippen MR) is 68.5 cm³/mol. The lowest BCUT2D eigenvalue weighted by Gasteiger charge is -2.26. The molecule has 0 saturated carbocycles. The van der Waals surface area contributed by atoms with Crippen LogP contribution in [0.25, 0.3) is 0 Å². The van der Waals surface area contributed by atoms with Gasteiger partial charge >= 0.3 is 0 Å². The molecule has 1 aromatic rings. The fourth-order valence-corrected chi connectivity index (χ4v) is 2.44. The van der Waals surface area contributed by atoms with E-state index < -0.39 is 0 Å². The molecular formula is C11H19ClN2S. The molecule has 0 amide bonds. The van der Waals surface area contributed by atoms with Gasteiger partial charge in [-0.25, -0.2) is 0 Å². The zero-order chi connectivity index (χ0) is 11.3. The van der Waals surface area contributed by atoms with Crippen molar-refractivity contribution in [1.82, 2.24) is 5.32 Å². The molecule has 1 heterocycles. The minimum absolute atomic E-state index is 0.0684. The van der Waals surface area contributed by atoms with Gasteiger partial charge in [0.2, 0.25) is 0 Å². The van der Waals surface area contributed by atoms with E-state index in [4.69, 9.17) is 17.3 Å². The maximum Gasteiger partial charge on any atom is 0.0931 e. The zero-order valence-electron chi connectivity index (χ0n) is 9.35. The van der Waals surface area contributed by atoms with E-state index in [1.165, 1.54) is 4.88 Å². The number of nitrogens with two attached hydrogens (primary N) is 1. The lowest BCUT2D eigenvalue weighted by atomic mass is 9.94. The molecule has 0 radical (unpaired) electrons. The summed E-state index contributed by atoms with van der Waals surface area (Å²) < 4.78 is 0.844. The van der Waals surface area contributed by atoms with Crippen molar-refractivity contribution >= 4 is 22.9 Å². The summed E-state index contributed by atoms with van der Waals surface area (Å²) in [6.07, 6.45) is 2.00. The van der Waals surface area contributed by atoms with Gasteiger partial charge in [0, 0.05) is 23.5 Å². The third kappa shape index (κ3) is 4.11. The fraction of sp³-hybridized carbons (Fsp3) is 0.636. The van der Waals surface area contributed by atoms with Gasteiger partial charge in [0.05, 0.1) is 4.34 Å². The van der Waals surface area contributed by atoms with Crippen molar-refractivity contribution in [1.29, 1.82) is 0 Å². The Hall–Kier alpha value is -0.0900. The summed E-state index contributed by atoms with van der Waals surface area (Å²) in [6.45, 7) is 5.98. The molecule has 0 saturated heterocycles. The molecule has 0 aliphatic heterocycles. The first-order chi connectivity index (χ1) is 7.09. The molecule has 0 aliphatic rings. The molecule has 15 heavy (non-hydrogen) atoms. The molecule has 1 aromatic heterocycles. The highest BCUT2D eigenvalue weighted by Crippen LogP contribution is 2.21. The van der Waals surface area contributed by atoms with Crippen molar-refractivity contribution < 1.29 is 0 Å². The highest BCUT2D eigenvalue weighted by Gasteiger charge is 2.19. The van der Waals surface area contributed by atoms with Gasteiger partial charge in [-0.2, -0.15) is 0 Å². The lowest BCUT2D eigenvalue weighted by Crippen LogP contribution is -2.47. The molecule has 2 nitrogen and oxygen atoms in total. The van der Waals surface area contributed by atoms with Crippen molar-refractivity contribution in [3.63, 3.8) is 0 Å². The van der Waals surface area contributed by atoms with Crippen molar-refractivity contribution in [3.05, 3.63) is 21.3 Å². The quantitative estimate of drug-likeness (QED) is 0.810. The summed E-state index contributed by atoms with van der Waals surface area (Å²) >= 11 is 7.47. The first-order valence-electron chi connectivity index (χ1n) is 5.33. The second-order valence-corrected chi connectivity index (χ2v) is 5.68. The Morgan fingerprint density at radius 3 is 2.53 bits per heavy atom. The van der Waals surface area contributed by atoms with Crippen molar-refractivity contribution in [2.45, 2.75) is 38.8 Å². The number of hydrogen-bond acceptors (Lipinski definition) is 3. The summed E-state index contributed by atoms with van der Waals surface area (Å²) in [5.74, 6) is 0. The second-order valence-electron chi connectivity index (χ2n) is 3.88. The summed E-state index contributed by atoms with van der Waals surface area (Å²) in [6, 6.07) is 3.98. The third-order valence-corrected chi connectivity index (χ3v) is 4.04. The Morgan fingerprint density at radius 1 is 1.40 bits per heavy atom. The number of rotatable bonds is 6. The van der Waals surface area contributed by atoms with Crippen LogP contribution >= 0.6 is 22.9 Å². The van der Waals surface area contributed by atoms with Gasteiger partial charge in [-0.05, 0) is 25.0 Å². The molecule has 3 N–H and O–H groups in total. The van der Waals surface area contributed by atoms with Crippen LogP contribution < -0.4 is 11.1 Å². The first-order valence-corrected chi connectivity index (χ1v) is 6.53. The van der Waals surface area contributed by atoms with Crippen LogP contribution in [-0.2, 0) is 6.54 Å². The van der Waals surface area contributed by atoms with Gasteiger partial charge in [-0.1, -0.05) is 25.4 Å². The average Bonchev–Trinajstić information content (AvgIpc) is 2.64. The van der Waals surface area contributed by atoms with Gasteiger partial charge in [-0.3, -0.25) is 0 Å². The second kappa shape index (κ2) is 5.85. The number of nitrogens with one attached hydrogen (secondary N) is 1. The maximum absolute atomic E-state index is 6.18. The topological polar surface area (TPSA) is 38.0 Å². The van der Waals surface area contributed by atoms with E-state index in [1.807, 2.05) is 6.07 Å². The van der Waals surface area contributed by atoms with E-state index in [2.05, 4.69) is 25.2 Å². The smallest absolute Gasteiger partial charge is 0.0931 e. The van der Waals surface area contributed by atoms with Gasteiger partial charge < -0.3 is 11.1 Å². The van der Waals surface area contributed by atoms with Crippen LogP contribution in [-0.4, -0.2) is 12.1 Å². The van der Waals surface area contributed by atoms with Crippen molar-refractivity contribution in [3.8, 4) is 0 Å². The molecule has 0 aliphatic carbocycles. The van der Waals surface area contributed by atoms with Crippen molar-refractivity contribution in [2.24, 2.45) is 5.73 Å². The normalized spacial score (nSPS) is 12.0. The molecule has 1 rings (SSSR count). The zero-order valence-corrected chi connectivity index (χ0v) is 10.9. The largest absolute Gasteiger partial charge is 0.324 e. The minimum atomic E-state index is -0.0684. The summed E-state index contributed by atoms with van der Waals surface area (Å²) in [5, 5.41) is 3.38. The standard InChI is InChI=1S/C11H19ClN2S/c1-3-11(13,4-2)8-14-7-9-5-6-10(12)15-9/h5-6,14H,3-4,7-8,13H2,1-2H3. The maximum atomic E-state index is 6.18. The van der Waals surface area contributed by atoms with Crippen LogP contribution in [0.1, 0.15) is 31.6 Å². The van der Waals surface area contributed by atoms with Crippen LogP contribution in [0.2, 0.25) is 4.34 Å². The molecule has 0 aromatic carbocycles. The number of hydrogen-bond donors (Lipinski definition) is 2. The summed E-state index contributed by atoms with van der Waals surface area (Å²) in [5.41, 5.74) is 6.11. The van der Waals surface area contributed by atoms with Crippen LogP contribution in [0.5, 0.6) is 0 Å². The van der Waals surface area contributed by atoms with E-state index in [0.29, 0.717) is 0 Å². The van der Waals surface area contributed by atoms with Gasteiger partial charge in [0.25, 0.3) is 0 Å². The van der Waals surface area contributed by atoms with Gasteiger partial charge in [0.1, 0.15) is 0 Å². The van der Waals surface area contributed by atoms with Crippen LogP contribution in [0.15, 0.2) is 12.1 Å². The number of thiophene rings is 1. The third-order valence-electron chi connectivity index (χ3n) is 2.81. The fourth-order valence-electron chi connectivity index (χ4n) is 1.38. The number of halogens is 1. The molecule has 0 bridgehead atoms. The van der Waals surface area contributed by atoms with Crippen LogP contribution in [0, 0.1) is 0 Å². The first kappa shape index (κ1) is 13.0. The minimum Gasteiger partial charge on any atom is -0.324 e. The molecule has 0 unspecified atom stereocenters. The SMILES string of the molecule is CCC(N)(CC)CNCc1ccc(Cl)s1. The molecule has 4 heteroatoms. The Labute approximate surface area is 101 Å². The van der Waals surface area contributed by atoms with Crippen LogP contribution in [0.4, 0.5) is 0 Å². The highest BCUT2D eigenvalue weighted by molar-refractivity contribution is 7.16. The Kier molecular flexibility index (Phi) is 5.06. The molecule has 0 atom stereocenters. The van der Waals surface area contributed by atoms with Gasteiger partial charge in [-0.15, -0.1) is 11.3 Å². The van der Waals surface area contributed by atoms with E-state index in [1.54, 1.807) is 11.3 Å². The van der Waals surface area contributed by atoms with Gasteiger partial charge in [0.15, 0.2) is 0 Å². The average molecular weight is 247 g/mol. The summed E-state index contributed by atoms with van der Waals surface area (Å²) in [7, 11) is 0. The van der Waals surface area contributed by atoms with Crippen molar-refractivity contribution in [2.75, 3.05) is 6.54 Å². The molecule has 86 valence electrons. The molecular weight excluding hydrogens is 228 g/mol. The Balaban J connectivity index is 2.32. The predicted octanol–water partition coefficient (Wildman–Crippen LogP) is 3.01. The molecule has 0 spiro atoms. The van der Waals surface area contributed by atoms with Crippen LogP contribution in [0.3, 0.4) is 0 Å². The summed E-state index contributed by atoms with van der Waals surface area (Å²) in [4.78, 5) is 1.26. The van der Waals surface area contributed by atoms with E-state index in [0.717, 1.165) is 30.3 Å². The van der Waals surface area contributed by atoms with E-state index in [-0.39, 0.29) is 5.54 Å². The monoisotopic (exact) mass is 246 g/mol.